The largest absolute Gasteiger partial charge is 0.242 e. The van der Waals surface area contributed by atoms with E-state index in [0.717, 1.165) is 0 Å². The van der Waals surface area contributed by atoms with E-state index in [1.807, 2.05) is 0 Å². The lowest BCUT2D eigenvalue weighted by molar-refractivity contribution is -0.0173. The van der Waals surface area contributed by atoms with Crippen LogP contribution in [0.4, 0.5) is 4.39 Å². The van der Waals surface area contributed by atoms with Crippen molar-refractivity contribution in [2.45, 2.75) is 19.7 Å². The van der Waals surface area contributed by atoms with Gasteiger partial charge in [0.15, 0.2) is 0 Å². The Labute approximate surface area is 42.2 Å². The van der Waals surface area contributed by atoms with Crippen molar-refractivity contribution in [3.8, 4) is 11.8 Å². The summed E-state index contributed by atoms with van der Waals surface area (Å²) >= 11 is 0. The SMILES string of the molecule is CC#CCC([O])F. The van der Waals surface area contributed by atoms with Gasteiger partial charge in [0, 0.05) is 0 Å². The minimum absolute atomic E-state index is 0.184. The smallest absolute Gasteiger partial charge is 0.212 e. The van der Waals surface area contributed by atoms with Gasteiger partial charge in [0.05, 0.1) is 6.42 Å². The van der Waals surface area contributed by atoms with Gasteiger partial charge in [-0.05, 0) is 6.92 Å². The first-order valence-corrected chi connectivity index (χ1v) is 1.97. The molecule has 0 rings (SSSR count). The average molecular weight is 101 g/mol. The molecule has 1 atom stereocenters. The van der Waals surface area contributed by atoms with Crippen LogP contribution in [-0.2, 0) is 5.11 Å². The summed E-state index contributed by atoms with van der Waals surface area (Å²) in [7, 11) is 0. The minimum atomic E-state index is -2.02. The van der Waals surface area contributed by atoms with E-state index in [1.165, 1.54) is 0 Å². The fourth-order valence-electron chi connectivity index (χ4n) is 0.182. The summed E-state index contributed by atoms with van der Waals surface area (Å²) in [5, 5.41) is 9.52. The van der Waals surface area contributed by atoms with Crippen LogP contribution in [0.2, 0.25) is 0 Å². The number of halogens is 1. The van der Waals surface area contributed by atoms with E-state index in [1.54, 1.807) is 6.92 Å². The highest BCUT2D eigenvalue weighted by atomic mass is 19.1. The third-order valence-electron chi connectivity index (χ3n) is 0.439. The van der Waals surface area contributed by atoms with Gasteiger partial charge in [0.25, 0.3) is 0 Å². The van der Waals surface area contributed by atoms with E-state index in [4.69, 9.17) is 0 Å². The van der Waals surface area contributed by atoms with Crippen LogP contribution >= 0.6 is 0 Å². The molecule has 0 spiro atoms. The van der Waals surface area contributed by atoms with Crippen LogP contribution in [-0.4, -0.2) is 6.36 Å². The lowest BCUT2D eigenvalue weighted by atomic mass is 10.4. The summed E-state index contributed by atoms with van der Waals surface area (Å²) in [5.74, 6) is 4.72. The monoisotopic (exact) mass is 101 g/mol. The van der Waals surface area contributed by atoms with Gasteiger partial charge in [-0.3, -0.25) is 0 Å². The molecule has 0 heterocycles. The van der Waals surface area contributed by atoms with Crippen LogP contribution in [0.1, 0.15) is 13.3 Å². The van der Waals surface area contributed by atoms with Gasteiger partial charge < -0.3 is 0 Å². The zero-order chi connectivity index (χ0) is 5.70. The Bertz CT molecular complexity index is 88.0. The van der Waals surface area contributed by atoms with Crippen molar-refractivity contribution < 1.29 is 9.50 Å². The summed E-state index contributed by atoms with van der Waals surface area (Å²) < 4.78 is 11.2. The molecule has 0 aliphatic heterocycles. The van der Waals surface area contributed by atoms with Crippen molar-refractivity contribution in [1.29, 1.82) is 0 Å². The first-order chi connectivity index (χ1) is 3.27. The Balaban J connectivity index is 3.08. The number of rotatable bonds is 1. The molecule has 2 heteroatoms. The predicted octanol–water partition coefficient (Wildman–Crippen LogP) is 1.13. The molecule has 0 bridgehead atoms. The third kappa shape index (κ3) is 5.45. The third-order valence-corrected chi connectivity index (χ3v) is 0.439. The van der Waals surface area contributed by atoms with Gasteiger partial charge in [-0.15, -0.1) is 5.92 Å². The molecule has 1 unspecified atom stereocenters. The van der Waals surface area contributed by atoms with Gasteiger partial charge in [-0.25, -0.2) is 4.39 Å². The van der Waals surface area contributed by atoms with E-state index in [9.17, 15) is 9.50 Å². The van der Waals surface area contributed by atoms with Gasteiger partial charge >= 0.3 is 0 Å². The highest BCUT2D eigenvalue weighted by Crippen LogP contribution is 1.88. The maximum absolute atomic E-state index is 11.2. The summed E-state index contributed by atoms with van der Waals surface area (Å²) in [4.78, 5) is 0. The fourth-order valence-corrected chi connectivity index (χ4v) is 0.182. The topological polar surface area (TPSA) is 19.9 Å². The maximum atomic E-state index is 11.2. The molecule has 0 aliphatic carbocycles. The molecule has 39 valence electrons. The second-order valence-corrected chi connectivity index (χ2v) is 1.04. The lowest BCUT2D eigenvalue weighted by Gasteiger charge is -1.82. The number of hydrogen-bond donors (Lipinski definition) is 0. The highest BCUT2D eigenvalue weighted by molar-refractivity contribution is 4.94. The Morgan fingerprint density at radius 2 is 2.43 bits per heavy atom. The molecule has 0 aromatic heterocycles. The van der Waals surface area contributed by atoms with Crippen molar-refractivity contribution in [1.82, 2.24) is 0 Å². The van der Waals surface area contributed by atoms with Crippen molar-refractivity contribution in [2.75, 3.05) is 0 Å². The Morgan fingerprint density at radius 1 is 1.86 bits per heavy atom. The Hall–Kier alpha value is -0.550. The summed E-state index contributed by atoms with van der Waals surface area (Å²) in [6, 6.07) is 0. The molecule has 0 aromatic carbocycles. The number of hydrogen-bond acceptors (Lipinski definition) is 0. The molecule has 0 amide bonds. The molecule has 0 saturated heterocycles. The quantitative estimate of drug-likeness (QED) is 0.441. The van der Waals surface area contributed by atoms with Crippen molar-refractivity contribution >= 4 is 0 Å². The first kappa shape index (κ1) is 6.45. The van der Waals surface area contributed by atoms with Crippen molar-refractivity contribution in [3.63, 3.8) is 0 Å². The van der Waals surface area contributed by atoms with Gasteiger partial charge in [-0.1, -0.05) is 5.92 Å². The van der Waals surface area contributed by atoms with Crippen LogP contribution in [0.15, 0.2) is 0 Å². The van der Waals surface area contributed by atoms with Crippen molar-refractivity contribution in [2.24, 2.45) is 0 Å². The average Bonchev–Trinajstić information content (AvgIpc) is 1.61. The normalized spacial score (nSPS) is 11.9. The molecule has 1 radical (unpaired) electrons. The van der Waals surface area contributed by atoms with Crippen LogP contribution < -0.4 is 0 Å². The van der Waals surface area contributed by atoms with Crippen LogP contribution in [0.25, 0.3) is 0 Å². The zero-order valence-corrected chi connectivity index (χ0v) is 4.07. The minimum Gasteiger partial charge on any atom is -0.212 e. The molecular weight excluding hydrogens is 95.1 g/mol. The molecule has 0 fully saturated rings. The van der Waals surface area contributed by atoms with E-state index in [0.29, 0.717) is 0 Å². The highest BCUT2D eigenvalue weighted by Gasteiger charge is 1.94. The maximum Gasteiger partial charge on any atom is 0.242 e. The van der Waals surface area contributed by atoms with Crippen LogP contribution in [0.5, 0.6) is 0 Å². The van der Waals surface area contributed by atoms with Gasteiger partial charge in [0.1, 0.15) is 0 Å². The van der Waals surface area contributed by atoms with Crippen molar-refractivity contribution in [3.05, 3.63) is 0 Å². The lowest BCUT2D eigenvalue weighted by Crippen LogP contribution is -1.89. The van der Waals surface area contributed by atoms with Gasteiger partial charge in [-0.2, -0.15) is 5.11 Å². The first-order valence-electron chi connectivity index (χ1n) is 1.97. The molecule has 0 aromatic rings. The van der Waals surface area contributed by atoms with E-state index in [-0.39, 0.29) is 6.42 Å². The number of alkyl halides is 1. The van der Waals surface area contributed by atoms with E-state index < -0.39 is 6.36 Å². The second kappa shape index (κ2) is 3.63. The molecule has 1 nitrogen and oxygen atoms in total. The van der Waals surface area contributed by atoms with E-state index >= 15 is 0 Å². The fraction of sp³-hybridized carbons (Fsp3) is 0.600. The summed E-state index contributed by atoms with van der Waals surface area (Å²) in [6.07, 6.45) is -2.20. The molecule has 7 heavy (non-hydrogen) atoms. The molecule has 0 N–H and O–H groups in total. The van der Waals surface area contributed by atoms with Crippen LogP contribution in [0, 0.1) is 11.8 Å². The standard InChI is InChI=1S/C5H6FO/c1-2-3-4-5(6)7/h5H,4H2,1H3. The predicted molar refractivity (Wildman–Crippen MR) is 23.6 cm³/mol. The molecule has 0 saturated carbocycles. The summed E-state index contributed by atoms with van der Waals surface area (Å²) in [5.41, 5.74) is 0. The second-order valence-electron chi connectivity index (χ2n) is 1.04. The summed E-state index contributed by atoms with van der Waals surface area (Å²) in [6.45, 7) is 1.57. The zero-order valence-electron chi connectivity index (χ0n) is 4.07. The molecule has 0 aliphatic rings. The van der Waals surface area contributed by atoms with Crippen LogP contribution in [0.3, 0.4) is 0 Å². The Kier molecular flexibility index (Phi) is 3.35. The Morgan fingerprint density at radius 3 is 2.57 bits per heavy atom. The van der Waals surface area contributed by atoms with Gasteiger partial charge in [0.2, 0.25) is 6.36 Å². The van der Waals surface area contributed by atoms with E-state index in [2.05, 4.69) is 11.8 Å². The molecular formula is C5H6FO.